The molecule has 0 spiro atoms. The van der Waals surface area contributed by atoms with Crippen molar-refractivity contribution in [3.05, 3.63) is 30.3 Å². The molecule has 1 N–H and O–H groups in total. The lowest BCUT2D eigenvalue weighted by Gasteiger charge is -2.32. The van der Waals surface area contributed by atoms with E-state index < -0.39 is 0 Å². The number of rotatable bonds is 6. The molecule has 4 nitrogen and oxygen atoms in total. The number of likely N-dealkylation sites (tertiary alicyclic amines) is 1. The Morgan fingerprint density at radius 3 is 2.95 bits per heavy atom. The third kappa shape index (κ3) is 4.53. The molecular formula is C16H24N2O2. The van der Waals surface area contributed by atoms with Crippen molar-refractivity contribution in [3.63, 3.8) is 0 Å². The molecule has 1 aliphatic heterocycles. The molecule has 0 aromatic heterocycles. The SMILES string of the molecule is CNCC1CCCN(C(=O)CCOc2ccccc2)C1. The molecule has 1 unspecified atom stereocenters. The van der Waals surface area contributed by atoms with Crippen molar-refractivity contribution in [1.29, 1.82) is 0 Å². The van der Waals surface area contributed by atoms with Crippen molar-refractivity contribution < 1.29 is 9.53 Å². The van der Waals surface area contributed by atoms with Crippen LogP contribution >= 0.6 is 0 Å². The molecule has 0 radical (unpaired) electrons. The summed E-state index contributed by atoms with van der Waals surface area (Å²) >= 11 is 0. The molecule has 1 heterocycles. The van der Waals surface area contributed by atoms with E-state index in [1.807, 2.05) is 42.3 Å². The number of hydrogen-bond acceptors (Lipinski definition) is 3. The minimum Gasteiger partial charge on any atom is -0.493 e. The van der Waals surface area contributed by atoms with Crippen LogP contribution in [-0.4, -0.2) is 44.1 Å². The predicted molar refractivity (Wildman–Crippen MR) is 79.8 cm³/mol. The largest absolute Gasteiger partial charge is 0.493 e. The second-order valence-electron chi connectivity index (χ2n) is 5.32. The molecule has 20 heavy (non-hydrogen) atoms. The van der Waals surface area contributed by atoms with Gasteiger partial charge in [-0.3, -0.25) is 4.79 Å². The van der Waals surface area contributed by atoms with E-state index in [0.29, 0.717) is 18.9 Å². The van der Waals surface area contributed by atoms with E-state index in [1.165, 1.54) is 6.42 Å². The van der Waals surface area contributed by atoms with E-state index in [9.17, 15) is 4.79 Å². The molecular weight excluding hydrogens is 252 g/mol. The molecule has 1 fully saturated rings. The number of benzene rings is 1. The summed E-state index contributed by atoms with van der Waals surface area (Å²) < 4.78 is 5.58. The van der Waals surface area contributed by atoms with Gasteiger partial charge in [-0.25, -0.2) is 0 Å². The Morgan fingerprint density at radius 2 is 2.20 bits per heavy atom. The Bertz CT molecular complexity index is 406. The molecule has 1 saturated heterocycles. The second kappa shape index (κ2) is 7.90. The summed E-state index contributed by atoms with van der Waals surface area (Å²) in [6, 6.07) is 9.64. The smallest absolute Gasteiger partial charge is 0.226 e. The fourth-order valence-electron chi connectivity index (χ4n) is 2.68. The zero-order chi connectivity index (χ0) is 14.2. The first kappa shape index (κ1) is 14.9. The minimum atomic E-state index is 0.210. The fraction of sp³-hybridized carbons (Fsp3) is 0.562. The quantitative estimate of drug-likeness (QED) is 0.863. The predicted octanol–water partition coefficient (Wildman–Crippen LogP) is 1.91. The number of para-hydroxylation sites is 1. The Hall–Kier alpha value is -1.55. The highest BCUT2D eigenvalue weighted by Gasteiger charge is 2.22. The van der Waals surface area contributed by atoms with E-state index in [2.05, 4.69) is 5.32 Å². The first-order valence-electron chi connectivity index (χ1n) is 7.40. The third-order valence-electron chi connectivity index (χ3n) is 3.69. The summed E-state index contributed by atoms with van der Waals surface area (Å²) in [7, 11) is 1.97. The summed E-state index contributed by atoms with van der Waals surface area (Å²) in [5.41, 5.74) is 0. The minimum absolute atomic E-state index is 0.210. The standard InChI is InChI=1S/C16H24N2O2/c1-17-12-14-6-5-10-18(13-14)16(19)9-11-20-15-7-3-2-4-8-15/h2-4,7-8,14,17H,5-6,9-13H2,1H3. The number of carbonyl (C=O) groups is 1. The maximum Gasteiger partial charge on any atom is 0.226 e. The van der Waals surface area contributed by atoms with Gasteiger partial charge in [0.1, 0.15) is 5.75 Å². The molecule has 0 saturated carbocycles. The molecule has 4 heteroatoms. The van der Waals surface area contributed by atoms with Crippen LogP contribution < -0.4 is 10.1 Å². The molecule has 1 amide bonds. The summed E-state index contributed by atoms with van der Waals surface area (Å²) in [6.07, 6.45) is 2.78. The van der Waals surface area contributed by atoms with Crippen LogP contribution in [-0.2, 0) is 4.79 Å². The van der Waals surface area contributed by atoms with Crippen molar-refractivity contribution in [2.24, 2.45) is 5.92 Å². The van der Waals surface area contributed by atoms with Gasteiger partial charge in [-0.15, -0.1) is 0 Å². The average molecular weight is 276 g/mol. The van der Waals surface area contributed by atoms with Crippen LogP contribution in [0.25, 0.3) is 0 Å². The Kier molecular flexibility index (Phi) is 5.87. The number of amides is 1. The van der Waals surface area contributed by atoms with Crippen LogP contribution in [0.5, 0.6) is 5.75 Å². The van der Waals surface area contributed by atoms with Crippen LogP contribution in [0, 0.1) is 5.92 Å². The van der Waals surface area contributed by atoms with E-state index in [0.717, 1.165) is 31.8 Å². The fourth-order valence-corrected chi connectivity index (χ4v) is 2.68. The summed E-state index contributed by atoms with van der Waals surface area (Å²) in [6.45, 7) is 3.22. The first-order chi connectivity index (χ1) is 9.79. The maximum absolute atomic E-state index is 12.2. The maximum atomic E-state index is 12.2. The third-order valence-corrected chi connectivity index (χ3v) is 3.69. The van der Waals surface area contributed by atoms with Gasteiger partial charge in [-0.2, -0.15) is 0 Å². The number of ether oxygens (including phenoxy) is 1. The Labute approximate surface area is 121 Å². The van der Waals surface area contributed by atoms with E-state index in [1.54, 1.807) is 0 Å². The van der Waals surface area contributed by atoms with E-state index >= 15 is 0 Å². The van der Waals surface area contributed by atoms with Crippen LogP contribution in [0.1, 0.15) is 19.3 Å². The van der Waals surface area contributed by atoms with Gasteiger partial charge in [0.05, 0.1) is 13.0 Å². The average Bonchev–Trinajstić information content (AvgIpc) is 2.49. The Balaban J connectivity index is 1.71. The van der Waals surface area contributed by atoms with Crippen LogP contribution in [0.4, 0.5) is 0 Å². The van der Waals surface area contributed by atoms with Crippen LogP contribution in [0.2, 0.25) is 0 Å². The summed E-state index contributed by atoms with van der Waals surface area (Å²) in [5, 5.41) is 3.20. The molecule has 1 atom stereocenters. The normalized spacial score (nSPS) is 18.9. The lowest BCUT2D eigenvalue weighted by Crippen LogP contribution is -2.42. The lowest BCUT2D eigenvalue weighted by atomic mass is 9.98. The highest BCUT2D eigenvalue weighted by molar-refractivity contribution is 5.76. The summed E-state index contributed by atoms with van der Waals surface area (Å²) in [4.78, 5) is 14.1. The van der Waals surface area contributed by atoms with Crippen molar-refractivity contribution in [3.8, 4) is 5.75 Å². The topological polar surface area (TPSA) is 41.6 Å². The molecule has 0 aliphatic carbocycles. The number of piperidine rings is 1. The van der Waals surface area contributed by atoms with Gasteiger partial charge in [0.25, 0.3) is 0 Å². The van der Waals surface area contributed by atoms with Gasteiger partial charge in [0.2, 0.25) is 5.91 Å². The van der Waals surface area contributed by atoms with Crippen molar-refractivity contribution in [2.45, 2.75) is 19.3 Å². The molecule has 2 rings (SSSR count). The van der Waals surface area contributed by atoms with Crippen molar-refractivity contribution >= 4 is 5.91 Å². The zero-order valence-electron chi connectivity index (χ0n) is 12.2. The van der Waals surface area contributed by atoms with E-state index in [-0.39, 0.29) is 5.91 Å². The molecule has 1 aromatic rings. The van der Waals surface area contributed by atoms with Crippen LogP contribution in [0.3, 0.4) is 0 Å². The van der Waals surface area contributed by atoms with Crippen molar-refractivity contribution in [2.75, 3.05) is 33.3 Å². The lowest BCUT2D eigenvalue weighted by molar-refractivity contribution is -0.133. The van der Waals surface area contributed by atoms with Gasteiger partial charge >= 0.3 is 0 Å². The van der Waals surface area contributed by atoms with Gasteiger partial charge in [0, 0.05) is 13.1 Å². The number of hydrogen-bond donors (Lipinski definition) is 1. The van der Waals surface area contributed by atoms with Gasteiger partial charge < -0.3 is 15.0 Å². The molecule has 1 aliphatic rings. The number of nitrogens with one attached hydrogen (secondary N) is 1. The highest BCUT2D eigenvalue weighted by Crippen LogP contribution is 2.16. The van der Waals surface area contributed by atoms with Crippen LogP contribution in [0.15, 0.2) is 30.3 Å². The van der Waals surface area contributed by atoms with Crippen molar-refractivity contribution in [1.82, 2.24) is 10.2 Å². The first-order valence-corrected chi connectivity index (χ1v) is 7.40. The monoisotopic (exact) mass is 276 g/mol. The molecule has 1 aromatic carbocycles. The van der Waals surface area contributed by atoms with Gasteiger partial charge in [-0.1, -0.05) is 18.2 Å². The number of nitrogens with zero attached hydrogens (tertiary/aromatic N) is 1. The number of carbonyl (C=O) groups excluding carboxylic acids is 1. The molecule has 0 bridgehead atoms. The van der Waals surface area contributed by atoms with Gasteiger partial charge in [-0.05, 0) is 44.5 Å². The Morgan fingerprint density at radius 1 is 1.40 bits per heavy atom. The van der Waals surface area contributed by atoms with E-state index in [4.69, 9.17) is 4.74 Å². The zero-order valence-corrected chi connectivity index (χ0v) is 12.2. The summed E-state index contributed by atoms with van der Waals surface area (Å²) in [5.74, 6) is 1.63. The highest BCUT2D eigenvalue weighted by atomic mass is 16.5. The molecule has 110 valence electrons. The van der Waals surface area contributed by atoms with Gasteiger partial charge in [0.15, 0.2) is 0 Å². The second-order valence-corrected chi connectivity index (χ2v) is 5.32.